The number of methoxy groups -OCH3 is 1. The summed E-state index contributed by atoms with van der Waals surface area (Å²) < 4.78 is 36.9. The highest BCUT2D eigenvalue weighted by atomic mass is 32.1. The van der Waals surface area contributed by atoms with Crippen LogP contribution < -0.4 is 14.8 Å². The number of carbonyl (C=O) groups is 1. The number of rotatable bonds is 7. The molecule has 2 aromatic carbocycles. The Morgan fingerprint density at radius 3 is 2.66 bits per heavy atom. The van der Waals surface area contributed by atoms with E-state index in [9.17, 15) is 23.7 Å². The van der Waals surface area contributed by atoms with Crippen LogP contribution in [0, 0.1) is 21.7 Å². The van der Waals surface area contributed by atoms with Gasteiger partial charge in [0.25, 0.3) is 11.6 Å². The van der Waals surface area contributed by atoms with E-state index in [0.717, 1.165) is 23.5 Å². The molecule has 0 aliphatic carbocycles. The second-order valence-electron chi connectivity index (χ2n) is 5.78. The lowest BCUT2D eigenvalue weighted by Crippen LogP contribution is -2.11. The molecule has 0 spiro atoms. The van der Waals surface area contributed by atoms with Crippen molar-refractivity contribution in [2.75, 3.05) is 12.4 Å². The second kappa shape index (κ2) is 8.65. The van der Waals surface area contributed by atoms with E-state index in [0.29, 0.717) is 10.4 Å². The molecule has 0 fully saturated rings. The highest BCUT2D eigenvalue weighted by Crippen LogP contribution is 2.30. The standard InChI is InChI=1S/C19H14F2N2O5S/c1-27-17-8-13(23(25)26)3-4-15(17)22-19(24)18-6-11(10-29-18)9-28-16-5-2-12(20)7-14(16)21/h2-8,10H,9H2,1H3,(H,22,24). The molecule has 10 heteroatoms. The van der Waals surface area contributed by atoms with Crippen LogP contribution in [-0.4, -0.2) is 17.9 Å². The molecule has 3 rings (SSSR count). The molecule has 1 N–H and O–H groups in total. The Bertz CT molecular complexity index is 1070. The molecular weight excluding hydrogens is 406 g/mol. The van der Waals surface area contributed by atoms with Crippen LogP contribution in [0.4, 0.5) is 20.2 Å². The largest absolute Gasteiger partial charge is 0.494 e. The molecule has 7 nitrogen and oxygen atoms in total. The quantitative estimate of drug-likeness (QED) is 0.439. The molecule has 0 saturated carbocycles. The fourth-order valence-electron chi connectivity index (χ4n) is 2.40. The van der Waals surface area contributed by atoms with Gasteiger partial charge in [-0.2, -0.15) is 0 Å². The molecule has 0 atom stereocenters. The van der Waals surface area contributed by atoms with E-state index in [4.69, 9.17) is 9.47 Å². The number of halogens is 2. The van der Waals surface area contributed by atoms with Gasteiger partial charge in [-0.05, 0) is 29.6 Å². The van der Waals surface area contributed by atoms with Crippen LogP contribution in [-0.2, 0) is 6.61 Å². The van der Waals surface area contributed by atoms with Crippen molar-refractivity contribution in [1.29, 1.82) is 0 Å². The summed E-state index contributed by atoms with van der Waals surface area (Å²) in [5.41, 5.74) is 0.741. The van der Waals surface area contributed by atoms with E-state index in [2.05, 4.69) is 5.32 Å². The van der Waals surface area contributed by atoms with Crippen LogP contribution >= 0.6 is 11.3 Å². The molecule has 1 heterocycles. The van der Waals surface area contributed by atoms with Gasteiger partial charge in [0, 0.05) is 17.7 Å². The predicted molar refractivity (Wildman–Crippen MR) is 103 cm³/mol. The van der Waals surface area contributed by atoms with Crippen LogP contribution in [0.1, 0.15) is 15.2 Å². The second-order valence-corrected chi connectivity index (χ2v) is 6.69. The molecule has 3 aromatic rings. The average Bonchev–Trinajstić information content (AvgIpc) is 3.16. The van der Waals surface area contributed by atoms with Crippen LogP contribution in [0.2, 0.25) is 0 Å². The predicted octanol–water partition coefficient (Wildman–Crippen LogP) is 4.77. The molecular formula is C19H14F2N2O5S. The van der Waals surface area contributed by atoms with E-state index < -0.39 is 22.5 Å². The van der Waals surface area contributed by atoms with Gasteiger partial charge in [-0.1, -0.05) is 0 Å². The lowest BCUT2D eigenvalue weighted by Gasteiger charge is -2.09. The summed E-state index contributed by atoms with van der Waals surface area (Å²) in [6.07, 6.45) is 0. The Morgan fingerprint density at radius 1 is 1.17 bits per heavy atom. The molecule has 1 amide bonds. The number of nitro benzene ring substituents is 1. The summed E-state index contributed by atoms with van der Waals surface area (Å²) in [4.78, 5) is 23.1. The third-order valence-corrected chi connectivity index (χ3v) is 4.79. The minimum atomic E-state index is -0.816. The minimum Gasteiger partial charge on any atom is -0.494 e. The van der Waals surface area contributed by atoms with Crippen LogP contribution in [0.15, 0.2) is 47.8 Å². The van der Waals surface area contributed by atoms with E-state index in [1.807, 2.05) is 0 Å². The monoisotopic (exact) mass is 420 g/mol. The van der Waals surface area contributed by atoms with Gasteiger partial charge in [-0.25, -0.2) is 8.78 Å². The first-order valence-electron chi connectivity index (χ1n) is 8.16. The molecule has 0 radical (unpaired) electrons. The van der Waals surface area contributed by atoms with Gasteiger partial charge < -0.3 is 14.8 Å². The maximum atomic E-state index is 13.6. The fourth-order valence-corrected chi connectivity index (χ4v) is 3.20. The van der Waals surface area contributed by atoms with E-state index in [1.54, 1.807) is 11.4 Å². The maximum absolute atomic E-state index is 13.6. The summed E-state index contributed by atoms with van der Waals surface area (Å²) in [6, 6.07) is 8.40. The highest BCUT2D eigenvalue weighted by molar-refractivity contribution is 7.12. The fraction of sp³-hybridized carbons (Fsp3) is 0.105. The van der Waals surface area contributed by atoms with E-state index in [-0.39, 0.29) is 29.5 Å². The smallest absolute Gasteiger partial charge is 0.273 e. The normalized spacial score (nSPS) is 10.4. The number of carbonyl (C=O) groups excluding carboxylic acids is 1. The Labute approximate surface area is 167 Å². The number of amides is 1. The summed E-state index contributed by atoms with van der Waals surface area (Å²) in [5.74, 6) is -1.91. The van der Waals surface area contributed by atoms with Crippen molar-refractivity contribution in [1.82, 2.24) is 0 Å². The van der Waals surface area contributed by atoms with Gasteiger partial charge in [-0.15, -0.1) is 11.3 Å². The lowest BCUT2D eigenvalue weighted by atomic mass is 10.2. The van der Waals surface area contributed by atoms with Gasteiger partial charge in [0.2, 0.25) is 0 Å². The topological polar surface area (TPSA) is 90.7 Å². The van der Waals surface area contributed by atoms with Gasteiger partial charge in [0.05, 0.1) is 28.7 Å². The number of non-ortho nitro benzene ring substituents is 1. The first kappa shape index (κ1) is 20.2. The van der Waals surface area contributed by atoms with Crippen molar-refractivity contribution in [3.05, 3.63) is 80.0 Å². The Balaban J connectivity index is 1.67. The molecule has 1 aromatic heterocycles. The molecule has 0 aliphatic rings. The Morgan fingerprint density at radius 2 is 1.97 bits per heavy atom. The maximum Gasteiger partial charge on any atom is 0.273 e. The molecule has 0 saturated heterocycles. The third kappa shape index (κ3) is 4.85. The Hall–Kier alpha value is -3.53. The van der Waals surface area contributed by atoms with Gasteiger partial charge in [-0.3, -0.25) is 14.9 Å². The molecule has 0 bridgehead atoms. The number of nitro groups is 1. The number of hydrogen-bond donors (Lipinski definition) is 1. The first-order valence-corrected chi connectivity index (χ1v) is 9.04. The van der Waals surface area contributed by atoms with Gasteiger partial charge in [0.1, 0.15) is 18.2 Å². The number of anilines is 1. The zero-order valence-corrected chi connectivity index (χ0v) is 15.8. The lowest BCUT2D eigenvalue weighted by molar-refractivity contribution is -0.384. The van der Waals surface area contributed by atoms with Crippen LogP contribution in [0.25, 0.3) is 0 Å². The number of ether oxygens (including phenoxy) is 2. The van der Waals surface area contributed by atoms with Gasteiger partial charge in [0.15, 0.2) is 11.6 Å². The van der Waals surface area contributed by atoms with Crippen molar-refractivity contribution in [2.24, 2.45) is 0 Å². The Kier molecular flexibility index (Phi) is 6.03. The molecule has 0 unspecified atom stereocenters. The molecule has 150 valence electrons. The highest BCUT2D eigenvalue weighted by Gasteiger charge is 2.16. The van der Waals surface area contributed by atoms with E-state index >= 15 is 0 Å². The first-order chi connectivity index (χ1) is 13.9. The number of nitrogens with one attached hydrogen (secondary N) is 1. The third-order valence-electron chi connectivity index (χ3n) is 3.81. The summed E-state index contributed by atoms with van der Waals surface area (Å²) in [7, 11) is 1.34. The van der Waals surface area contributed by atoms with Crippen molar-refractivity contribution >= 4 is 28.6 Å². The summed E-state index contributed by atoms with van der Waals surface area (Å²) >= 11 is 1.15. The zero-order chi connectivity index (χ0) is 21.0. The van der Waals surface area contributed by atoms with Crippen molar-refractivity contribution in [2.45, 2.75) is 6.61 Å². The van der Waals surface area contributed by atoms with Crippen LogP contribution in [0.3, 0.4) is 0 Å². The van der Waals surface area contributed by atoms with Crippen molar-refractivity contribution in [3.63, 3.8) is 0 Å². The number of thiophene rings is 1. The van der Waals surface area contributed by atoms with Crippen LogP contribution in [0.5, 0.6) is 11.5 Å². The summed E-state index contributed by atoms with van der Waals surface area (Å²) in [5, 5.41) is 15.1. The zero-order valence-electron chi connectivity index (χ0n) is 15.0. The SMILES string of the molecule is COc1cc([N+](=O)[O-])ccc1NC(=O)c1cc(COc2ccc(F)cc2F)cs1. The molecule has 29 heavy (non-hydrogen) atoms. The molecule has 0 aliphatic heterocycles. The number of hydrogen-bond acceptors (Lipinski definition) is 6. The minimum absolute atomic E-state index is 0.00676. The average molecular weight is 420 g/mol. The summed E-state index contributed by atoms with van der Waals surface area (Å²) in [6.45, 7) is -0.00676. The number of benzene rings is 2. The number of nitrogens with zero attached hydrogens (tertiary/aromatic N) is 1. The van der Waals surface area contributed by atoms with Gasteiger partial charge >= 0.3 is 0 Å². The van der Waals surface area contributed by atoms with E-state index in [1.165, 1.54) is 31.4 Å². The van der Waals surface area contributed by atoms with Crippen molar-refractivity contribution < 1.29 is 28.0 Å². The van der Waals surface area contributed by atoms with Crippen molar-refractivity contribution in [3.8, 4) is 11.5 Å².